The van der Waals surface area contributed by atoms with Crippen molar-refractivity contribution in [1.29, 1.82) is 0 Å². The van der Waals surface area contributed by atoms with Crippen molar-refractivity contribution in [3.63, 3.8) is 0 Å². The average molecular weight is 360 g/mol. The molecule has 1 N–H and O–H groups in total. The zero-order chi connectivity index (χ0) is 17.8. The molecule has 7 nitrogen and oxygen atoms in total. The fraction of sp³-hybridized carbons (Fsp3) is 0.632. The van der Waals surface area contributed by atoms with Crippen LogP contribution in [0.1, 0.15) is 12.0 Å². The van der Waals surface area contributed by atoms with Crippen LogP contribution in [0, 0.1) is 5.92 Å². The highest BCUT2D eigenvalue weighted by molar-refractivity contribution is 5.80. The van der Waals surface area contributed by atoms with Gasteiger partial charge in [0.1, 0.15) is 0 Å². The Morgan fingerprint density at radius 2 is 2.04 bits per heavy atom. The van der Waals surface area contributed by atoms with Gasteiger partial charge in [0.2, 0.25) is 6.79 Å². The van der Waals surface area contributed by atoms with E-state index in [1.54, 1.807) is 0 Å². The Morgan fingerprint density at radius 1 is 1.19 bits per heavy atom. The fourth-order valence-corrected chi connectivity index (χ4v) is 3.73. The van der Waals surface area contributed by atoms with Crippen molar-refractivity contribution in [2.75, 3.05) is 59.8 Å². The molecule has 0 bridgehead atoms. The molecule has 1 aromatic carbocycles. The second-order valence-electron chi connectivity index (χ2n) is 7.11. The van der Waals surface area contributed by atoms with Crippen LogP contribution in [0.4, 0.5) is 0 Å². The minimum atomic E-state index is 0.330. The molecule has 0 spiro atoms. The highest BCUT2D eigenvalue weighted by Crippen LogP contribution is 2.32. The van der Waals surface area contributed by atoms with Crippen LogP contribution >= 0.6 is 0 Å². The molecule has 1 unspecified atom stereocenters. The third kappa shape index (κ3) is 4.04. The summed E-state index contributed by atoms with van der Waals surface area (Å²) in [7, 11) is 1.87. The van der Waals surface area contributed by atoms with Gasteiger partial charge in [-0.2, -0.15) is 0 Å². The molecule has 26 heavy (non-hydrogen) atoms. The van der Waals surface area contributed by atoms with Crippen molar-refractivity contribution in [2.45, 2.75) is 13.0 Å². The quantitative estimate of drug-likeness (QED) is 0.642. The summed E-state index contributed by atoms with van der Waals surface area (Å²) >= 11 is 0. The van der Waals surface area contributed by atoms with Crippen LogP contribution in [0.5, 0.6) is 11.5 Å². The van der Waals surface area contributed by atoms with Crippen LogP contribution in [0.2, 0.25) is 0 Å². The Morgan fingerprint density at radius 3 is 2.81 bits per heavy atom. The second kappa shape index (κ2) is 8.14. The van der Waals surface area contributed by atoms with Crippen molar-refractivity contribution in [3.05, 3.63) is 23.8 Å². The molecule has 0 saturated carbocycles. The summed E-state index contributed by atoms with van der Waals surface area (Å²) in [6.07, 6.45) is 1.15. The van der Waals surface area contributed by atoms with Gasteiger partial charge < -0.3 is 24.4 Å². The third-order valence-electron chi connectivity index (χ3n) is 5.30. The molecule has 4 rings (SSSR count). The molecule has 1 atom stereocenters. The second-order valence-corrected chi connectivity index (χ2v) is 7.11. The van der Waals surface area contributed by atoms with Crippen LogP contribution in [0.3, 0.4) is 0 Å². The molecule has 0 radical (unpaired) electrons. The standard InChI is InChI=1S/C19H28N4O3/c1-20-19(21-11-16-4-9-24-13-16)23-7-5-22(6-8-23)12-15-2-3-17-18(10-15)26-14-25-17/h2-3,10,16H,4-9,11-14H2,1H3,(H,20,21). The van der Waals surface area contributed by atoms with Crippen molar-refractivity contribution >= 4 is 5.96 Å². The summed E-state index contributed by atoms with van der Waals surface area (Å²) in [5.41, 5.74) is 1.27. The molecule has 7 heteroatoms. The van der Waals surface area contributed by atoms with Gasteiger partial charge in [-0.25, -0.2) is 0 Å². The first kappa shape index (κ1) is 17.4. The summed E-state index contributed by atoms with van der Waals surface area (Å²) in [5, 5.41) is 3.52. The summed E-state index contributed by atoms with van der Waals surface area (Å²) in [5.74, 6) is 3.33. The number of benzene rings is 1. The largest absolute Gasteiger partial charge is 0.454 e. The number of piperazine rings is 1. The van der Waals surface area contributed by atoms with E-state index in [0.717, 1.165) is 76.4 Å². The molecule has 3 aliphatic heterocycles. The number of ether oxygens (including phenoxy) is 3. The number of nitrogens with zero attached hydrogens (tertiary/aromatic N) is 3. The number of hydrogen-bond donors (Lipinski definition) is 1. The van der Waals surface area contributed by atoms with E-state index >= 15 is 0 Å². The van der Waals surface area contributed by atoms with Crippen molar-refractivity contribution in [3.8, 4) is 11.5 Å². The van der Waals surface area contributed by atoms with E-state index in [9.17, 15) is 0 Å². The monoisotopic (exact) mass is 360 g/mol. The van der Waals surface area contributed by atoms with Crippen molar-refractivity contribution in [2.24, 2.45) is 10.9 Å². The van der Waals surface area contributed by atoms with E-state index in [1.165, 1.54) is 5.56 Å². The molecule has 0 aromatic heterocycles. The van der Waals surface area contributed by atoms with Crippen molar-refractivity contribution < 1.29 is 14.2 Å². The Bertz CT molecular complexity index is 638. The van der Waals surface area contributed by atoms with Crippen LogP contribution in [-0.2, 0) is 11.3 Å². The van der Waals surface area contributed by atoms with E-state index in [0.29, 0.717) is 12.7 Å². The van der Waals surface area contributed by atoms with Gasteiger partial charge >= 0.3 is 0 Å². The zero-order valence-electron chi connectivity index (χ0n) is 15.4. The highest BCUT2D eigenvalue weighted by Gasteiger charge is 2.22. The smallest absolute Gasteiger partial charge is 0.231 e. The molecular formula is C19H28N4O3. The summed E-state index contributed by atoms with van der Waals surface area (Å²) < 4.78 is 16.3. The number of aliphatic imine (C=N–C) groups is 1. The lowest BCUT2D eigenvalue weighted by Crippen LogP contribution is -2.52. The SMILES string of the molecule is CN=C(NCC1CCOC1)N1CCN(Cc2ccc3c(c2)OCO3)CC1. The first-order valence-corrected chi connectivity index (χ1v) is 9.46. The van der Waals surface area contributed by atoms with Gasteiger partial charge in [0.05, 0.1) is 6.61 Å². The van der Waals surface area contributed by atoms with Crippen LogP contribution in [0.25, 0.3) is 0 Å². The van der Waals surface area contributed by atoms with Gasteiger partial charge in [-0.15, -0.1) is 0 Å². The number of hydrogen-bond acceptors (Lipinski definition) is 5. The van der Waals surface area contributed by atoms with Gasteiger partial charge in [0.25, 0.3) is 0 Å². The first-order valence-electron chi connectivity index (χ1n) is 9.46. The summed E-state index contributed by atoms with van der Waals surface area (Å²) in [6, 6.07) is 6.23. The average Bonchev–Trinajstić information content (AvgIpc) is 3.34. The normalized spacial score (nSPS) is 23.5. The number of nitrogens with one attached hydrogen (secondary N) is 1. The van der Waals surface area contributed by atoms with Gasteiger partial charge in [0, 0.05) is 58.8 Å². The van der Waals surface area contributed by atoms with E-state index in [1.807, 2.05) is 13.1 Å². The highest BCUT2D eigenvalue weighted by atomic mass is 16.7. The molecule has 0 aliphatic carbocycles. The van der Waals surface area contributed by atoms with Gasteiger partial charge in [-0.1, -0.05) is 6.07 Å². The maximum absolute atomic E-state index is 5.48. The molecule has 2 saturated heterocycles. The fourth-order valence-electron chi connectivity index (χ4n) is 3.73. The van der Waals surface area contributed by atoms with Gasteiger partial charge in [-0.05, 0) is 24.1 Å². The van der Waals surface area contributed by atoms with Crippen LogP contribution < -0.4 is 14.8 Å². The van der Waals surface area contributed by atoms with E-state index < -0.39 is 0 Å². The molecule has 1 aromatic rings. The van der Waals surface area contributed by atoms with Crippen LogP contribution in [-0.4, -0.2) is 75.5 Å². The molecule has 142 valence electrons. The predicted molar refractivity (Wildman–Crippen MR) is 99.7 cm³/mol. The Hall–Kier alpha value is -1.99. The maximum Gasteiger partial charge on any atom is 0.231 e. The summed E-state index contributed by atoms with van der Waals surface area (Å²) in [6.45, 7) is 8.02. The van der Waals surface area contributed by atoms with Gasteiger partial charge in [0.15, 0.2) is 17.5 Å². The van der Waals surface area contributed by atoms with Crippen molar-refractivity contribution in [1.82, 2.24) is 15.1 Å². The number of fused-ring (bicyclic) bond motifs is 1. The Kier molecular flexibility index (Phi) is 5.45. The van der Waals surface area contributed by atoms with E-state index in [2.05, 4.69) is 32.2 Å². The van der Waals surface area contributed by atoms with E-state index in [4.69, 9.17) is 14.2 Å². The lowest BCUT2D eigenvalue weighted by atomic mass is 10.1. The lowest BCUT2D eigenvalue weighted by molar-refractivity contribution is 0.170. The molecule has 3 aliphatic rings. The topological polar surface area (TPSA) is 58.6 Å². The molecule has 3 heterocycles. The number of guanidine groups is 1. The molecule has 2 fully saturated rings. The Labute approximate surface area is 154 Å². The minimum Gasteiger partial charge on any atom is -0.454 e. The Balaban J connectivity index is 1.25. The molecule has 0 amide bonds. The third-order valence-corrected chi connectivity index (χ3v) is 5.30. The lowest BCUT2D eigenvalue weighted by Gasteiger charge is -2.36. The van der Waals surface area contributed by atoms with Crippen LogP contribution in [0.15, 0.2) is 23.2 Å². The predicted octanol–water partition coefficient (Wildman–Crippen LogP) is 1.14. The van der Waals surface area contributed by atoms with E-state index in [-0.39, 0.29) is 0 Å². The van der Waals surface area contributed by atoms with Gasteiger partial charge in [-0.3, -0.25) is 9.89 Å². The maximum atomic E-state index is 5.48. The minimum absolute atomic E-state index is 0.330. The zero-order valence-corrected chi connectivity index (χ0v) is 15.4. The molecular weight excluding hydrogens is 332 g/mol. The first-order chi connectivity index (χ1) is 12.8. The summed E-state index contributed by atoms with van der Waals surface area (Å²) in [4.78, 5) is 9.29. The number of rotatable bonds is 4.